The molecule has 0 bridgehead atoms. The number of carbonyl (C=O) groups is 2. The Labute approximate surface area is 140 Å². The van der Waals surface area contributed by atoms with E-state index in [1.807, 2.05) is 38.1 Å². The summed E-state index contributed by atoms with van der Waals surface area (Å²) < 4.78 is 5.81. The number of amides is 1. The fraction of sp³-hybridized carbons (Fsp3) is 0.529. The maximum absolute atomic E-state index is 12.6. The maximum Gasteiger partial charge on any atom is 0.329 e. The van der Waals surface area contributed by atoms with Gasteiger partial charge in [-0.3, -0.25) is 4.79 Å². The van der Waals surface area contributed by atoms with Crippen LogP contribution in [0.5, 0.6) is 5.75 Å². The van der Waals surface area contributed by atoms with Crippen LogP contribution in [0.2, 0.25) is 0 Å². The number of aryl methyl sites for hydroxylation is 1. The van der Waals surface area contributed by atoms with Crippen LogP contribution in [0.3, 0.4) is 0 Å². The van der Waals surface area contributed by atoms with E-state index >= 15 is 0 Å². The van der Waals surface area contributed by atoms with Gasteiger partial charge in [-0.15, -0.1) is 0 Å². The number of hydrogen-bond acceptors (Lipinski definition) is 4. The first-order chi connectivity index (χ1) is 11.0. The number of nitrogens with one attached hydrogen (secondary N) is 1. The van der Waals surface area contributed by atoms with E-state index < -0.39 is 17.6 Å². The molecule has 126 valence electrons. The third-order valence-electron chi connectivity index (χ3n) is 4.14. The summed E-state index contributed by atoms with van der Waals surface area (Å²) in [6.07, 6.45) is 0.672. The third kappa shape index (κ3) is 4.19. The number of ether oxygens (including phenoxy) is 1. The number of para-hydroxylation sites is 1. The molecule has 1 fully saturated rings. The summed E-state index contributed by atoms with van der Waals surface area (Å²) in [6.45, 7) is 3.77. The molecule has 5 nitrogen and oxygen atoms in total. The van der Waals surface area contributed by atoms with E-state index in [0.29, 0.717) is 25.0 Å². The van der Waals surface area contributed by atoms with Crippen LogP contribution in [0, 0.1) is 6.92 Å². The summed E-state index contributed by atoms with van der Waals surface area (Å²) in [5, 5.41) is 12.3. The standard InChI is InChI=1S/C17H23NO4S/c1-3-13(22-14-7-5-4-6-12(14)2)15(19)18-17(16(20)21)8-10-23-11-9-17/h4-7,13H,3,8-11H2,1-2H3,(H,18,19)(H,20,21). The average molecular weight is 337 g/mol. The van der Waals surface area contributed by atoms with Crippen LogP contribution in [0.25, 0.3) is 0 Å². The van der Waals surface area contributed by atoms with Crippen molar-refractivity contribution < 1.29 is 19.4 Å². The van der Waals surface area contributed by atoms with Crippen molar-refractivity contribution >= 4 is 23.6 Å². The summed E-state index contributed by atoms with van der Waals surface area (Å²) in [5.41, 5.74) is -0.217. The lowest BCUT2D eigenvalue weighted by atomic mass is 9.92. The monoisotopic (exact) mass is 337 g/mol. The second-order valence-electron chi connectivity index (χ2n) is 5.77. The van der Waals surface area contributed by atoms with Crippen LogP contribution < -0.4 is 10.1 Å². The number of thioether (sulfide) groups is 1. The number of carbonyl (C=O) groups excluding carboxylic acids is 1. The minimum atomic E-state index is -1.16. The zero-order chi connectivity index (χ0) is 16.9. The highest BCUT2D eigenvalue weighted by atomic mass is 32.2. The van der Waals surface area contributed by atoms with Crippen LogP contribution in [0.15, 0.2) is 24.3 Å². The molecule has 1 unspecified atom stereocenters. The quantitative estimate of drug-likeness (QED) is 0.834. The number of hydrogen-bond donors (Lipinski definition) is 2. The first kappa shape index (κ1) is 17.7. The van der Waals surface area contributed by atoms with Crippen LogP contribution in [0.1, 0.15) is 31.7 Å². The lowest BCUT2D eigenvalue weighted by Crippen LogP contribution is -2.59. The highest BCUT2D eigenvalue weighted by Gasteiger charge is 2.42. The van der Waals surface area contributed by atoms with Crippen molar-refractivity contribution in [3.8, 4) is 5.75 Å². The second-order valence-corrected chi connectivity index (χ2v) is 6.99. The van der Waals surface area contributed by atoms with Gasteiger partial charge in [-0.2, -0.15) is 11.8 Å². The molecule has 1 amide bonds. The first-order valence-electron chi connectivity index (χ1n) is 7.84. The van der Waals surface area contributed by atoms with Crippen molar-refractivity contribution in [1.82, 2.24) is 5.32 Å². The number of aliphatic carboxylic acids is 1. The zero-order valence-electron chi connectivity index (χ0n) is 13.5. The van der Waals surface area contributed by atoms with E-state index in [2.05, 4.69) is 5.32 Å². The lowest BCUT2D eigenvalue weighted by Gasteiger charge is -2.34. The van der Waals surface area contributed by atoms with E-state index in [0.717, 1.165) is 17.1 Å². The molecular weight excluding hydrogens is 314 g/mol. The topological polar surface area (TPSA) is 75.6 Å². The fourth-order valence-electron chi connectivity index (χ4n) is 2.59. The Kier molecular flexibility index (Phi) is 5.93. The molecule has 1 saturated heterocycles. The lowest BCUT2D eigenvalue weighted by molar-refractivity contribution is -0.149. The first-order valence-corrected chi connectivity index (χ1v) is 8.99. The molecule has 23 heavy (non-hydrogen) atoms. The molecule has 2 rings (SSSR count). The molecule has 1 atom stereocenters. The van der Waals surface area contributed by atoms with Crippen LogP contribution in [-0.4, -0.2) is 40.1 Å². The summed E-state index contributed by atoms with van der Waals surface area (Å²) in [6, 6.07) is 7.49. The summed E-state index contributed by atoms with van der Waals surface area (Å²) in [4.78, 5) is 24.2. The van der Waals surface area contributed by atoms with Crippen LogP contribution in [0.4, 0.5) is 0 Å². The number of carboxylic acid groups (broad SMARTS) is 1. The van der Waals surface area contributed by atoms with E-state index in [4.69, 9.17) is 4.74 Å². The highest BCUT2D eigenvalue weighted by molar-refractivity contribution is 7.99. The summed E-state index contributed by atoms with van der Waals surface area (Å²) >= 11 is 1.71. The van der Waals surface area contributed by atoms with Crippen molar-refractivity contribution in [1.29, 1.82) is 0 Å². The van der Waals surface area contributed by atoms with Gasteiger partial charge in [-0.05, 0) is 49.3 Å². The van der Waals surface area contributed by atoms with Gasteiger partial charge in [0.15, 0.2) is 6.10 Å². The molecular formula is C17H23NO4S. The zero-order valence-corrected chi connectivity index (χ0v) is 14.3. The molecule has 1 aromatic carbocycles. The molecule has 0 aromatic heterocycles. The summed E-state index contributed by atoms with van der Waals surface area (Å²) in [5.74, 6) is 0.810. The Morgan fingerprint density at radius 3 is 2.57 bits per heavy atom. The van der Waals surface area contributed by atoms with Crippen molar-refractivity contribution in [3.63, 3.8) is 0 Å². The van der Waals surface area contributed by atoms with Gasteiger partial charge in [0.1, 0.15) is 11.3 Å². The van der Waals surface area contributed by atoms with Crippen molar-refractivity contribution in [2.45, 2.75) is 44.8 Å². The van der Waals surface area contributed by atoms with Gasteiger partial charge < -0.3 is 15.2 Å². The van der Waals surface area contributed by atoms with E-state index in [-0.39, 0.29) is 5.91 Å². The minimum Gasteiger partial charge on any atom is -0.480 e. The molecule has 0 saturated carbocycles. The molecule has 1 heterocycles. The smallest absolute Gasteiger partial charge is 0.329 e. The second kappa shape index (κ2) is 7.73. The number of rotatable bonds is 6. The Balaban J connectivity index is 2.10. The number of carboxylic acids is 1. The largest absolute Gasteiger partial charge is 0.480 e. The third-order valence-corrected chi connectivity index (χ3v) is 5.13. The van der Waals surface area contributed by atoms with E-state index in [1.165, 1.54) is 0 Å². The van der Waals surface area contributed by atoms with Crippen molar-refractivity contribution in [2.24, 2.45) is 0 Å². The van der Waals surface area contributed by atoms with Gasteiger partial charge in [0.25, 0.3) is 5.91 Å². The molecule has 0 aliphatic carbocycles. The van der Waals surface area contributed by atoms with Crippen LogP contribution in [-0.2, 0) is 9.59 Å². The van der Waals surface area contributed by atoms with Gasteiger partial charge in [0, 0.05) is 0 Å². The molecule has 6 heteroatoms. The van der Waals surface area contributed by atoms with E-state index in [1.54, 1.807) is 11.8 Å². The Morgan fingerprint density at radius 2 is 2.00 bits per heavy atom. The normalized spacial score (nSPS) is 18.0. The predicted octanol–water partition coefficient (Wildman–Crippen LogP) is 2.62. The van der Waals surface area contributed by atoms with Crippen LogP contribution >= 0.6 is 11.8 Å². The van der Waals surface area contributed by atoms with Gasteiger partial charge in [0.2, 0.25) is 0 Å². The Bertz CT molecular complexity index is 569. The maximum atomic E-state index is 12.6. The average Bonchev–Trinajstić information content (AvgIpc) is 2.54. The predicted molar refractivity (Wildman–Crippen MR) is 91.0 cm³/mol. The van der Waals surface area contributed by atoms with Gasteiger partial charge in [0.05, 0.1) is 0 Å². The SMILES string of the molecule is CCC(Oc1ccccc1C)C(=O)NC1(C(=O)O)CCSCC1. The molecule has 1 aromatic rings. The van der Waals surface area contributed by atoms with Gasteiger partial charge in [-0.1, -0.05) is 25.1 Å². The molecule has 2 N–H and O–H groups in total. The van der Waals surface area contributed by atoms with Crippen molar-refractivity contribution in [3.05, 3.63) is 29.8 Å². The number of benzene rings is 1. The minimum absolute atomic E-state index is 0.356. The highest BCUT2D eigenvalue weighted by Crippen LogP contribution is 2.28. The molecule has 0 spiro atoms. The summed E-state index contributed by atoms with van der Waals surface area (Å²) in [7, 11) is 0. The van der Waals surface area contributed by atoms with E-state index in [9.17, 15) is 14.7 Å². The van der Waals surface area contributed by atoms with Gasteiger partial charge in [-0.25, -0.2) is 4.79 Å². The Hall–Kier alpha value is -1.69. The Morgan fingerprint density at radius 1 is 1.35 bits per heavy atom. The van der Waals surface area contributed by atoms with Gasteiger partial charge >= 0.3 is 5.97 Å². The molecule has 1 aliphatic heterocycles. The van der Waals surface area contributed by atoms with Crippen molar-refractivity contribution in [2.75, 3.05) is 11.5 Å². The molecule has 1 aliphatic rings. The molecule has 0 radical (unpaired) electrons. The fourth-order valence-corrected chi connectivity index (χ4v) is 3.78.